The monoisotopic (exact) mass is 448 g/mol. The average molecular weight is 449 g/mol. The van der Waals surface area contributed by atoms with E-state index in [4.69, 9.17) is 9.47 Å². The molecule has 2 amide bonds. The van der Waals surface area contributed by atoms with Gasteiger partial charge in [-0.2, -0.15) is 0 Å². The van der Waals surface area contributed by atoms with Crippen molar-refractivity contribution in [2.45, 2.75) is 31.0 Å². The van der Waals surface area contributed by atoms with Gasteiger partial charge in [-0.05, 0) is 54.8 Å². The van der Waals surface area contributed by atoms with E-state index in [1.165, 1.54) is 0 Å². The van der Waals surface area contributed by atoms with Crippen LogP contribution < -0.4 is 0 Å². The van der Waals surface area contributed by atoms with Crippen LogP contribution in [-0.4, -0.2) is 77.1 Å². The number of nitrogens with one attached hydrogen (secondary N) is 1. The number of nitrogens with zero attached hydrogens (tertiary/aromatic N) is 3. The number of aromatic amines is 1. The second-order valence-electron chi connectivity index (χ2n) is 8.56. The normalized spacial score (nSPS) is 21.4. The number of carbonyl (C=O) groups excluding carboxylic acids is 2. The summed E-state index contributed by atoms with van der Waals surface area (Å²) < 4.78 is 10.9. The quantitative estimate of drug-likeness (QED) is 0.444. The van der Waals surface area contributed by atoms with Crippen molar-refractivity contribution in [1.82, 2.24) is 19.8 Å². The maximum atomic E-state index is 13.1. The smallest absolute Gasteiger partial charge is 0.255 e. The van der Waals surface area contributed by atoms with Gasteiger partial charge in [0.15, 0.2) is 6.10 Å². The van der Waals surface area contributed by atoms with Gasteiger partial charge in [-0.15, -0.1) is 0 Å². The van der Waals surface area contributed by atoms with Gasteiger partial charge in [-0.1, -0.05) is 0 Å². The molecule has 2 aromatic heterocycles. The minimum Gasteiger partial charge on any atom is -0.382 e. The Morgan fingerprint density at radius 1 is 1.12 bits per heavy atom. The molecule has 2 unspecified atom stereocenters. The minimum atomic E-state index is -0.504. The second-order valence-corrected chi connectivity index (χ2v) is 8.56. The molecule has 4 heterocycles. The second kappa shape index (κ2) is 9.33. The molecule has 0 aliphatic carbocycles. The van der Waals surface area contributed by atoms with E-state index in [9.17, 15) is 9.59 Å². The highest BCUT2D eigenvalue weighted by Gasteiger charge is 2.52. The minimum absolute atomic E-state index is 0.00982. The molecule has 1 N–H and O–H groups in total. The lowest BCUT2D eigenvalue weighted by molar-refractivity contribution is -0.183. The van der Waals surface area contributed by atoms with Crippen LogP contribution in [0.5, 0.6) is 0 Å². The highest BCUT2D eigenvalue weighted by molar-refractivity contribution is 5.98. The summed E-state index contributed by atoms with van der Waals surface area (Å²) in [6.07, 6.45) is 6.35. The van der Waals surface area contributed by atoms with Gasteiger partial charge in [-0.25, -0.2) is 0 Å². The number of ether oxygens (including phenoxy) is 2. The number of aromatic nitrogens is 2. The fourth-order valence-electron chi connectivity index (χ4n) is 4.92. The number of rotatable bonds is 7. The zero-order valence-electron chi connectivity index (χ0n) is 18.6. The van der Waals surface area contributed by atoms with Crippen molar-refractivity contribution in [1.29, 1.82) is 0 Å². The van der Waals surface area contributed by atoms with Crippen molar-refractivity contribution in [2.24, 2.45) is 0 Å². The van der Waals surface area contributed by atoms with Crippen LogP contribution in [0, 0.1) is 0 Å². The number of fused-ring (bicyclic) bond motifs is 1. The summed E-state index contributed by atoms with van der Waals surface area (Å²) >= 11 is 0. The Balaban J connectivity index is 1.26. The van der Waals surface area contributed by atoms with Crippen LogP contribution in [-0.2, 0) is 14.3 Å². The number of carbonyl (C=O) groups is 2. The summed E-state index contributed by atoms with van der Waals surface area (Å²) in [5.74, 6) is 0.0496. The maximum Gasteiger partial charge on any atom is 0.255 e. The molecule has 33 heavy (non-hydrogen) atoms. The zero-order valence-corrected chi connectivity index (χ0v) is 18.6. The molecule has 0 saturated carbocycles. The summed E-state index contributed by atoms with van der Waals surface area (Å²) in [5.41, 5.74) is 2.73. The van der Waals surface area contributed by atoms with Gasteiger partial charge in [0, 0.05) is 61.3 Å². The standard InChI is InChI=1S/C25H28N4O4/c1-32-14-15-33-23-22(17-4-9-26-10-5-17)29(25(23)31)20-7-12-28(13-8-20)24(30)19-2-3-21-18(16-19)6-11-27-21/h2-6,9-11,16,20,22-23,27H,7-8,12-15H2,1H3. The number of β-lactam (4-membered cyclic amide) rings is 1. The van der Waals surface area contributed by atoms with E-state index in [-0.39, 0.29) is 23.9 Å². The van der Waals surface area contributed by atoms with Gasteiger partial charge in [-0.3, -0.25) is 14.6 Å². The van der Waals surface area contributed by atoms with Crippen LogP contribution in [0.15, 0.2) is 55.0 Å². The highest BCUT2D eigenvalue weighted by atomic mass is 16.5. The van der Waals surface area contributed by atoms with Gasteiger partial charge < -0.3 is 24.3 Å². The van der Waals surface area contributed by atoms with Crippen LogP contribution >= 0.6 is 0 Å². The third-order valence-electron chi connectivity index (χ3n) is 6.66. The lowest BCUT2D eigenvalue weighted by Crippen LogP contribution is -2.65. The molecule has 8 nitrogen and oxygen atoms in total. The van der Waals surface area contributed by atoms with E-state index in [0.717, 1.165) is 29.3 Å². The molecular formula is C25H28N4O4. The number of amides is 2. The number of benzene rings is 1. The number of methoxy groups -OCH3 is 1. The third-order valence-corrected chi connectivity index (χ3v) is 6.66. The van der Waals surface area contributed by atoms with Crippen LogP contribution in [0.2, 0.25) is 0 Å². The van der Waals surface area contributed by atoms with Crippen molar-refractivity contribution in [2.75, 3.05) is 33.4 Å². The van der Waals surface area contributed by atoms with Gasteiger partial charge in [0.2, 0.25) is 0 Å². The number of hydrogen-bond donors (Lipinski definition) is 1. The van der Waals surface area contributed by atoms with E-state index in [1.54, 1.807) is 19.5 Å². The van der Waals surface area contributed by atoms with Gasteiger partial charge in [0.25, 0.3) is 11.8 Å². The van der Waals surface area contributed by atoms with E-state index in [2.05, 4.69) is 9.97 Å². The molecule has 2 aliphatic heterocycles. The van der Waals surface area contributed by atoms with Gasteiger partial charge in [0.1, 0.15) is 0 Å². The van der Waals surface area contributed by atoms with Crippen LogP contribution in [0.1, 0.15) is 34.8 Å². The van der Waals surface area contributed by atoms with E-state index in [0.29, 0.717) is 31.9 Å². The summed E-state index contributed by atoms with van der Waals surface area (Å²) in [6, 6.07) is 11.5. The zero-order chi connectivity index (χ0) is 22.8. The van der Waals surface area contributed by atoms with Crippen LogP contribution in [0.3, 0.4) is 0 Å². The van der Waals surface area contributed by atoms with E-state index < -0.39 is 6.10 Å². The SMILES string of the molecule is COCCOC1C(=O)N(C2CCN(C(=O)c3ccc4[nH]ccc4c3)CC2)C1c1ccncc1. The number of pyridine rings is 1. The lowest BCUT2D eigenvalue weighted by Gasteiger charge is -2.52. The molecular weight excluding hydrogens is 420 g/mol. The van der Waals surface area contributed by atoms with Crippen LogP contribution in [0.25, 0.3) is 10.9 Å². The molecule has 2 fully saturated rings. The predicted octanol–water partition coefficient (Wildman–Crippen LogP) is 2.78. The Morgan fingerprint density at radius 3 is 2.67 bits per heavy atom. The summed E-state index contributed by atoms with van der Waals surface area (Å²) in [5, 5.41) is 1.03. The first-order valence-electron chi connectivity index (χ1n) is 11.4. The van der Waals surface area contributed by atoms with Crippen molar-refractivity contribution in [3.05, 3.63) is 66.1 Å². The topological polar surface area (TPSA) is 87.8 Å². The molecule has 3 aromatic rings. The summed E-state index contributed by atoms with van der Waals surface area (Å²) in [7, 11) is 1.62. The first-order valence-corrected chi connectivity index (χ1v) is 11.4. The molecule has 0 bridgehead atoms. The lowest BCUT2D eigenvalue weighted by atomic mass is 9.86. The third kappa shape index (κ3) is 4.12. The molecule has 2 aliphatic rings. The maximum absolute atomic E-state index is 13.1. The first-order chi connectivity index (χ1) is 16.2. The number of H-pyrrole nitrogens is 1. The van der Waals surface area contributed by atoms with Crippen molar-refractivity contribution in [3.8, 4) is 0 Å². The molecule has 8 heteroatoms. The van der Waals surface area contributed by atoms with Crippen molar-refractivity contribution >= 4 is 22.7 Å². The van der Waals surface area contributed by atoms with E-state index >= 15 is 0 Å². The Hall–Kier alpha value is -3.23. The van der Waals surface area contributed by atoms with E-state index in [1.807, 2.05) is 52.4 Å². The molecule has 5 rings (SSSR count). The Labute approximate surface area is 192 Å². The number of likely N-dealkylation sites (tertiary alicyclic amines) is 2. The molecule has 0 radical (unpaired) electrons. The predicted molar refractivity (Wildman–Crippen MR) is 123 cm³/mol. The van der Waals surface area contributed by atoms with Crippen LogP contribution in [0.4, 0.5) is 0 Å². The van der Waals surface area contributed by atoms with Crippen molar-refractivity contribution in [3.63, 3.8) is 0 Å². The largest absolute Gasteiger partial charge is 0.382 e. The highest BCUT2D eigenvalue weighted by Crippen LogP contribution is 2.41. The first kappa shape index (κ1) is 21.6. The fourth-order valence-corrected chi connectivity index (χ4v) is 4.92. The Morgan fingerprint density at radius 2 is 1.91 bits per heavy atom. The van der Waals surface area contributed by atoms with Gasteiger partial charge >= 0.3 is 0 Å². The number of hydrogen-bond acceptors (Lipinski definition) is 5. The average Bonchev–Trinajstić information content (AvgIpc) is 3.33. The summed E-state index contributed by atoms with van der Waals surface area (Å²) in [6.45, 7) is 2.07. The molecule has 2 saturated heterocycles. The molecule has 0 spiro atoms. The summed E-state index contributed by atoms with van der Waals surface area (Å²) in [4.78, 5) is 37.2. The molecule has 172 valence electrons. The number of piperidine rings is 1. The fraction of sp³-hybridized carbons (Fsp3) is 0.400. The van der Waals surface area contributed by atoms with Gasteiger partial charge in [0.05, 0.1) is 19.3 Å². The molecule has 2 atom stereocenters. The Bertz CT molecular complexity index is 1120. The van der Waals surface area contributed by atoms with Crippen molar-refractivity contribution < 1.29 is 19.1 Å². The Kier molecular flexibility index (Phi) is 6.11. The molecule has 1 aromatic carbocycles.